The topological polar surface area (TPSA) is 59.8 Å². The fourth-order valence-electron chi connectivity index (χ4n) is 2.48. The Balaban J connectivity index is 1.77. The molecule has 1 amide bonds. The minimum atomic E-state index is -0.267. The number of pyridine rings is 1. The number of hydrogen-bond donors (Lipinski definition) is 1. The summed E-state index contributed by atoms with van der Waals surface area (Å²) in [5.41, 5.74) is 2.74. The predicted molar refractivity (Wildman–Crippen MR) is 97.9 cm³/mol. The van der Waals surface area contributed by atoms with Gasteiger partial charge >= 0.3 is 0 Å². The van der Waals surface area contributed by atoms with Crippen molar-refractivity contribution in [3.63, 3.8) is 0 Å². The van der Waals surface area contributed by atoms with Crippen LogP contribution in [-0.4, -0.2) is 20.7 Å². The SMILES string of the molecule is Cc1nn(Cc2ccccc2Cl)c(Cl)c1C(=O)NCc1cccnc1. The van der Waals surface area contributed by atoms with E-state index in [1.807, 2.05) is 36.4 Å². The third-order valence-corrected chi connectivity index (χ3v) is 4.50. The molecule has 0 saturated heterocycles. The van der Waals surface area contributed by atoms with Crippen LogP contribution >= 0.6 is 23.2 Å². The molecule has 0 aliphatic heterocycles. The first kappa shape index (κ1) is 17.5. The first-order valence-electron chi connectivity index (χ1n) is 7.69. The van der Waals surface area contributed by atoms with Gasteiger partial charge in [-0.15, -0.1) is 0 Å². The van der Waals surface area contributed by atoms with Crippen molar-refractivity contribution in [2.75, 3.05) is 0 Å². The molecule has 0 saturated carbocycles. The summed E-state index contributed by atoms with van der Waals surface area (Å²) in [6, 6.07) is 11.2. The molecule has 5 nitrogen and oxygen atoms in total. The van der Waals surface area contributed by atoms with E-state index >= 15 is 0 Å². The van der Waals surface area contributed by atoms with E-state index in [2.05, 4.69) is 15.4 Å². The van der Waals surface area contributed by atoms with Gasteiger partial charge in [0.2, 0.25) is 0 Å². The van der Waals surface area contributed by atoms with Crippen LogP contribution in [0.1, 0.15) is 27.2 Å². The zero-order valence-corrected chi connectivity index (χ0v) is 15.1. The molecule has 0 unspecified atom stereocenters. The highest BCUT2D eigenvalue weighted by atomic mass is 35.5. The Morgan fingerprint density at radius 1 is 1.20 bits per heavy atom. The van der Waals surface area contributed by atoms with Crippen LogP contribution in [0.4, 0.5) is 0 Å². The lowest BCUT2D eigenvalue weighted by molar-refractivity contribution is 0.0950. The van der Waals surface area contributed by atoms with Gasteiger partial charge in [-0.25, -0.2) is 4.68 Å². The van der Waals surface area contributed by atoms with Crippen LogP contribution in [0.15, 0.2) is 48.8 Å². The lowest BCUT2D eigenvalue weighted by Gasteiger charge is -2.07. The van der Waals surface area contributed by atoms with Gasteiger partial charge in [0, 0.05) is 24.0 Å². The molecular formula is C18H16Cl2N4O. The average molecular weight is 375 g/mol. The van der Waals surface area contributed by atoms with E-state index in [4.69, 9.17) is 23.2 Å². The summed E-state index contributed by atoms with van der Waals surface area (Å²) in [6.07, 6.45) is 3.39. The van der Waals surface area contributed by atoms with Crippen molar-refractivity contribution in [2.24, 2.45) is 0 Å². The smallest absolute Gasteiger partial charge is 0.256 e. The summed E-state index contributed by atoms with van der Waals surface area (Å²) in [5, 5.41) is 8.14. The van der Waals surface area contributed by atoms with Crippen LogP contribution < -0.4 is 5.32 Å². The van der Waals surface area contributed by atoms with Gasteiger partial charge in [-0.2, -0.15) is 5.10 Å². The molecule has 0 aliphatic carbocycles. The van der Waals surface area contributed by atoms with Gasteiger partial charge in [-0.3, -0.25) is 9.78 Å². The van der Waals surface area contributed by atoms with Crippen LogP contribution in [0, 0.1) is 6.92 Å². The minimum Gasteiger partial charge on any atom is -0.348 e. The van der Waals surface area contributed by atoms with E-state index in [0.29, 0.717) is 34.5 Å². The van der Waals surface area contributed by atoms with Gasteiger partial charge in [0.1, 0.15) is 5.15 Å². The zero-order valence-electron chi connectivity index (χ0n) is 13.5. The molecule has 2 aromatic heterocycles. The van der Waals surface area contributed by atoms with Crippen molar-refractivity contribution < 1.29 is 4.79 Å². The molecule has 0 bridgehead atoms. The van der Waals surface area contributed by atoms with Crippen LogP contribution in [0.5, 0.6) is 0 Å². The Morgan fingerprint density at radius 3 is 2.72 bits per heavy atom. The molecule has 3 aromatic rings. The number of carbonyl (C=O) groups excluding carboxylic acids is 1. The van der Waals surface area contributed by atoms with Gasteiger partial charge in [-0.1, -0.05) is 47.5 Å². The number of carbonyl (C=O) groups is 1. The highest BCUT2D eigenvalue weighted by Gasteiger charge is 2.20. The minimum absolute atomic E-state index is 0.267. The number of halogens is 2. The van der Waals surface area contributed by atoms with Gasteiger partial charge < -0.3 is 5.32 Å². The molecule has 128 valence electrons. The van der Waals surface area contributed by atoms with Crippen molar-refractivity contribution >= 4 is 29.1 Å². The first-order chi connectivity index (χ1) is 12.1. The van der Waals surface area contributed by atoms with Crippen LogP contribution in [-0.2, 0) is 13.1 Å². The Bertz CT molecular complexity index is 893. The van der Waals surface area contributed by atoms with Crippen molar-refractivity contribution in [1.29, 1.82) is 0 Å². The molecule has 1 N–H and O–H groups in total. The third-order valence-electron chi connectivity index (χ3n) is 3.75. The molecule has 7 heteroatoms. The quantitative estimate of drug-likeness (QED) is 0.737. The maximum Gasteiger partial charge on any atom is 0.256 e. The van der Waals surface area contributed by atoms with Crippen molar-refractivity contribution in [2.45, 2.75) is 20.0 Å². The zero-order chi connectivity index (χ0) is 17.8. The highest BCUT2D eigenvalue weighted by molar-refractivity contribution is 6.33. The Labute approximate surface area is 155 Å². The molecule has 0 spiro atoms. The summed E-state index contributed by atoms with van der Waals surface area (Å²) >= 11 is 12.6. The highest BCUT2D eigenvalue weighted by Crippen LogP contribution is 2.23. The van der Waals surface area contributed by atoms with E-state index in [1.54, 1.807) is 24.0 Å². The van der Waals surface area contributed by atoms with Crippen molar-refractivity contribution in [3.8, 4) is 0 Å². The van der Waals surface area contributed by atoms with E-state index < -0.39 is 0 Å². The fourth-order valence-corrected chi connectivity index (χ4v) is 2.99. The standard InChI is InChI=1S/C18H16Cl2N4O/c1-12-16(18(25)22-10-13-5-4-8-21-9-13)17(20)24(23-12)11-14-6-2-3-7-15(14)19/h2-9H,10-11H2,1H3,(H,22,25). The molecule has 3 rings (SSSR count). The monoisotopic (exact) mass is 374 g/mol. The molecule has 1 aromatic carbocycles. The Morgan fingerprint density at radius 2 is 2.00 bits per heavy atom. The number of amides is 1. The molecule has 2 heterocycles. The molecule has 0 atom stereocenters. The normalized spacial score (nSPS) is 10.7. The molecular weight excluding hydrogens is 359 g/mol. The lowest BCUT2D eigenvalue weighted by Crippen LogP contribution is -2.23. The molecule has 25 heavy (non-hydrogen) atoms. The second-order valence-corrected chi connectivity index (χ2v) is 6.31. The molecule has 0 fully saturated rings. The van der Waals surface area contributed by atoms with Gasteiger partial charge in [0.15, 0.2) is 0 Å². The van der Waals surface area contributed by atoms with E-state index in [0.717, 1.165) is 11.1 Å². The van der Waals surface area contributed by atoms with E-state index in [1.165, 1.54) is 0 Å². The fraction of sp³-hybridized carbons (Fsp3) is 0.167. The van der Waals surface area contributed by atoms with Crippen LogP contribution in [0.25, 0.3) is 0 Å². The maximum absolute atomic E-state index is 12.5. The summed E-state index contributed by atoms with van der Waals surface area (Å²) in [7, 11) is 0. The number of rotatable bonds is 5. The van der Waals surface area contributed by atoms with Gasteiger partial charge in [0.25, 0.3) is 5.91 Å². The number of benzene rings is 1. The second kappa shape index (κ2) is 7.68. The number of nitrogens with zero attached hydrogens (tertiary/aromatic N) is 3. The summed E-state index contributed by atoms with van der Waals surface area (Å²) in [4.78, 5) is 16.5. The van der Waals surface area contributed by atoms with Gasteiger partial charge in [-0.05, 0) is 30.2 Å². The number of nitrogens with one attached hydrogen (secondary N) is 1. The number of hydrogen-bond acceptors (Lipinski definition) is 3. The largest absolute Gasteiger partial charge is 0.348 e. The predicted octanol–water partition coefficient (Wildman–Crippen LogP) is 3.87. The number of aryl methyl sites for hydroxylation is 1. The summed E-state index contributed by atoms with van der Waals surface area (Å²) in [6.45, 7) is 2.53. The van der Waals surface area contributed by atoms with E-state index in [9.17, 15) is 4.79 Å². The summed E-state index contributed by atoms with van der Waals surface area (Å²) in [5.74, 6) is -0.267. The summed E-state index contributed by atoms with van der Waals surface area (Å²) < 4.78 is 1.58. The Hall–Kier alpha value is -2.37. The van der Waals surface area contributed by atoms with E-state index in [-0.39, 0.29) is 5.91 Å². The third kappa shape index (κ3) is 4.00. The second-order valence-electron chi connectivity index (χ2n) is 5.54. The Kier molecular flexibility index (Phi) is 5.36. The lowest BCUT2D eigenvalue weighted by atomic mass is 10.2. The van der Waals surface area contributed by atoms with Gasteiger partial charge in [0.05, 0.1) is 17.8 Å². The average Bonchev–Trinajstić information content (AvgIpc) is 2.89. The molecule has 0 radical (unpaired) electrons. The van der Waals surface area contributed by atoms with Crippen LogP contribution in [0.3, 0.4) is 0 Å². The molecule has 0 aliphatic rings. The van der Waals surface area contributed by atoms with Crippen molar-refractivity contribution in [3.05, 3.63) is 81.4 Å². The van der Waals surface area contributed by atoms with Crippen molar-refractivity contribution in [1.82, 2.24) is 20.1 Å². The maximum atomic E-state index is 12.5. The van der Waals surface area contributed by atoms with Crippen LogP contribution in [0.2, 0.25) is 10.2 Å². The first-order valence-corrected chi connectivity index (χ1v) is 8.45. The number of aromatic nitrogens is 3.